The van der Waals surface area contributed by atoms with E-state index >= 15 is 0 Å². The fraction of sp³-hybridized carbons (Fsp3) is 0.533. The van der Waals surface area contributed by atoms with Crippen molar-refractivity contribution < 1.29 is 44.1 Å². The fourth-order valence-electron chi connectivity index (χ4n) is 4.75. The predicted octanol–water partition coefficient (Wildman–Crippen LogP) is -2.77. The van der Waals surface area contributed by atoms with Gasteiger partial charge < -0.3 is 60.8 Å². The third-order valence-electron chi connectivity index (χ3n) is 7.82. The molecule has 18 N–H and O–H groups in total. The number of hydrogen-bond donors (Lipinski definition) is 11. The Morgan fingerprint density at radius 3 is 1.98 bits per heavy atom. The first kappa shape index (κ1) is 41.2. The van der Waals surface area contributed by atoms with Gasteiger partial charge in [-0.25, -0.2) is 4.79 Å². The molecule has 0 saturated heterocycles. The standard InChI is InChI=1S/C30H49N9O9/c1-15(2)30(37,24(43)20(34)14-23(41)42)29(48)39(22(28(46)47)13-16-6-8-17(40)9-7-16)27(45)21(5-3-4-12-31)38-26(44)19(33)11-10-18(32)25(35)36/h6-9,15,19-22,40H,3-5,10-14,31-37H2,1-2H3,(H,38,44)(H,41,42)(H,46,47). The first-order valence-corrected chi connectivity index (χ1v) is 15.2. The lowest BCUT2D eigenvalue weighted by Crippen LogP contribution is -2.71. The Bertz CT molecular complexity index is 1350. The molecular formula is C30H49N9O9. The smallest absolute Gasteiger partial charge is 0.327 e. The minimum atomic E-state index is -2.68. The molecule has 1 aromatic carbocycles. The number of amides is 3. The van der Waals surface area contributed by atoms with Crippen LogP contribution in [0.5, 0.6) is 5.75 Å². The molecule has 5 atom stereocenters. The van der Waals surface area contributed by atoms with Gasteiger partial charge in [0.2, 0.25) is 5.91 Å². The van der Waals surface area contributed by atoms with Gasteiger partial charge in [0.25, 0.3) is 11.8 Å². The molecule has 48 heavy (non-hydrogen) atoms. The molecule has 0 heterocycles. The Labute approximate surface area is 278 Å². The average molecular weight is 680 g/mol. The molecular weight excluding hydrogens is 630 g/mol. The summed E-state index contributed by atoms with van der Waals surface area (Å²) in [6, 6.07) is -1.36. The zero-order valence-corrected chi connectivity index (χ0v) is 27.1. The van der Waals surface area contributed by atoms with Crippen molar-refractivity contribution in [1.82, 2.24) is 10.2 Å². The van der Waals surface area contributed by atoms with Crippen molar-refractivity contribution in [2.75, 3.05) is 6.54 Å². The number of rotatable bonds is 20. The number of nitrogens with one attached hydrogen (secondary N) is 1. The van der Waals surface area contributed by atoms with E-state index in [-0.39, 0.29) is 55.1 Å². The minimum absolute atomic E-state index is 0.0316. The number of carbonyl (C=O) groups is 6. The van der Waals surface area contributed by atoms with Crippen molar-refractivity contribution in [3.05, 3.63) is 41.3 Å². The number of carbonyl (C=O) groups excluding carboxylic acids is 4. The molecule has 268 valence electrons. The normalized spacial score (nSPS) is 14.9. The zero-order chi connectivity index (χ0) is 36.9. The van der Waals surface area contributed by atoms with Crippen LogP contribution in [0.2, 0.25) is 0 Å². The second-order valence-electron chi connectivity index (χ2n) is 11.8. The van der Waals surface area contributed by atoms with E-state index in [0.29, 0.717) is 11.3 Å². The maximum Gasteiger partial charge on any atom is 0.327 e. The molecule has 0 radical (unpaired) electrons. The molecule has 0 saturated carbocycles. The number of carboxylic acids is 2. The Kier molecular flexibility index (Phi) is 15.9. The second kappa shape index (κ2) is 18.5. The highest BCUT2D eigenvalue weighted by molar-refractivity contribution is 6.18. The van der Waals surface area contributed by atoms with Crippen molar-refractivity contribution in [3.8, 4) is 5.75 Å². The molecule has 18 heteroatoms. The number of carboxylic acid groups (broad SMARTS) is 2. The molecule has 0 aromatic heterocycles. The molecule has 1 rings (SSSR count). The number of unbranched alkanes of at least 4 members (excludes halogenated alkanes) is 1. The van der Waals surface area contributed by atoms with Crippen LogP contribution in [0.4, 0.5) is 0 Å². The van der Waals surface area contributed by atoms with Crippen molar-refractivity contribution >= 4 is 35.4 Å². The van der Waals surface area contributed by atoms with E-state index < -0.39 is 83.9 Å². The number of aliphatic carboxylic acids is 2. The lowest BCUT2D eigenvalue weighted by molar-refractivity contribution is -0.164. The summed E-state index contributed by atoms with van der Waals surface area (Å²) in [6.07, 6.45) is -0.951. The van der Waals surface area contributed by atoms with Crippen LogP contribution in [-0.4, -0.2) is 91.9 Å². The fourth-order valence-corrected chi connectivity index (χ4v) is 4.75. The number of Topliss-reactive ketones (excluding diaryl/α,β-unsaturated/α-hetero) is 1. The van der Waals surface area contributed by atoms with E-state index in [1.807, 2.05) is 0 Å². The third-order valence-corrected chi connectivity index (χ3v) is 7.82. The molecule has 0 bridgehead atoms. The van der Waals surface area contributed by atoms with Crippen LogP contribution in [-0.2, 0) is 35.2 Å². The van der Waals surface area contributed by atoms with Gasteiger partial charge in [-0.15, -0.1) is 0 Å². The summed E-state index contributed by atoms with van der Waals surface area (Å²) in [5.41, 5.74) is 38.2. The van der Waals surface area contributed by atoms with E-state index in [0.717, 1.165) is 0 Å². The summed E-state index contributed by atoms with van der Waals surface area (Å²) in [5.74, 6) is -9.37. The van der Waals surface area contributed by atoms with E-state index in [4.69, 9.17) is 40.1 Å². The summed E-state index contributed by atoms with van der Waals surface area (Å²) < 4.78 is 0. The Balaban J connectivity index is 3.81. The predicted molar refractivity (Wildman–Crippen MR) is 174 cm³/mol. The summed E-state index contributed by atoms with van der Waals surface area (Å²) in [7, 11) is 0. The van der Waals surface area contributed by atoms with Crippen LogP contribution in [0.15, 0.2) is 35.8 Å². The lowest BCUT2D eigenvalue weighted by atomic mass is 9.78. The SMILES string of the molecule is CC(C)C(N)(C(=O)C(N)CC(=O)O)C(=O)N(C(=O)C(CCCCN)NC(=O)C(N)CCC(N)=C(N)N)C(Cc1ccc(O)cc1)C(=O)O. The van der Waals surface area contributed by atoms with Gasteiger partial charge in [0.05, 0.1) is 18.5 Å². The minimum Gasteiger partial charge on any atom is -0.508 e. The largest absolute Gasteiger partial charge is 0.508 e. The average Bonchev–Trinajstić information content (AvgIpc) is 3.01. The van der Waals surface area contributed by atoms with Crippen molar-refractivity contribution in [2.45, 2.75) is 88.5 Å². The third kappa shape index (κ3) is 11.2. The summed E-state index contributed by atoms with van der Waals surface area (Å²) in [5, 5.41) is 31.8. The van der Waals surface area contributed by atoms with Gasteiger partial charge >= 0.3 is 11.9 Å². The van der Waals surface area contributed by atoms with Crippen LogP contribution in [0.25, 0.3) is 0 Å². The first-order chi connectivity index (χ1) is 22.3. The van der Waals surface area contributed by atoms with E-state index in [1.165, 1.54) is 38.1 Å². The molecule has 5 unspecified atom stereocenters. The van der Waals surface area contributed by atoms with Gasteiger partial charge in [-0.2, -0.15) is 0 Å². The number of ketones is 1. The Morgan fingerprint density at radius 2 is 1.50 bits per heavy atom. The number of aromatic hydroxyl groups is 1. The Morgan fingerprint density at radius 1 is 0.917 bits per heavy atom. The van der Waals surface area contributed by atoms with E-state index in [1.54, 1.807) is 0 Å². The first-order valence-electron chi connectivity index (χ1n) is 15.2. The topological polar surface area (TPSA) is 361 Å². The maximum atomic E-state index is 14.4. The number of imide groups is 1. The summed E-state index contributed by atoms with van der Waals surface area (Å²) >= 11 is 0. The van der Waals surface area contributed by atoms with Crippen molar-refractivity contribution in [3.63, 3.8) is 0 Å². The van der Waals surface area contributed by atoms with Crippen molar-refractivity contribution in [2.24, 2.45) is 46.1 Å². The monoisotopic (exact) mass is 679 g/mol. The number of phenols is 1. The number of hydrogen-bond acceptors (Lipinski definition) is 14. The summed E-state index contributed by atoms with van der Waals surface area (Å²) in [6.45, 7) is 2.89. The second-order valence-corrected chi connectivity index (χ2v) is 11.8. The molecule has 3 amide bonds. The molecule has 0 fully saturated rings. The number of nitrogens with zero attached hydrogens (tertiary/aromatic N) is 1. The molecule has 1 aromatic rings. The van der Waals surface area contributed by atoms with Crippen LogP contribution in [0.1, 0.15) is 57.9 Å². The maximum absolute atomic E-state index is 14.4. The highest BCUT2D eigenvalue weighted by atomic mass is 16.4. The lowest BCUT2D eigenvalue weighted by Gasteiger charge is -2.39. The molecule has 0 aliphatic carbocycles. The van der Waals surface area contributed by atoms with E-state index in [2.05, 4.69) is 5.32 Å². The van der Waals surface area contributed by atoms with Crippen LogP contribution >= 0.6 is 0 Å². The van der Waals surface area contributed by atoms with Gasteiger partial charge in [0.1, 0.15) is 23.7 Å². The molecule has 0 aliphatic heterocycles. The Hall–Kier alpha value is -4.78. The van der Waals surface area contributed by atoms with Crippen molar-refractivity contribution in [1.29, 1.82) is 0 Å². The van der Waals surface area contributed by atoms with Gasteiger partial charge in [-0.1, -0.05) is 26.0 Å². The summed E-state index contributed by atoms with van der Waals surface area (Å²) in [4.78, 5) is 80.0. The number of benzene rings is 1. The van der Waals surface area contributed by atoms with Gasteiger partial charge in [-0.3, -0.25) is 28.9 Å². The molecule has 18 nitrogen and oxygen atoms in total. The van der Waals surface area contributed by atoms with Crippen LogP contribution in [0.3, 0.4) is 0 Å². The van der Waals surface area contributed by atoms with E-state index in [9.17, 15) is 44.1 Å². The quantitative estimate of drug-likeness (QED) is 0.0491. The van der Waals surface area contributed by atoms with Crippen LogP contribution < -0.4 is 45.5 Å². The van der Waals surface area contributed by atoms with Gasteiger partial charge in [0.15, 0.2) is 11.3 Å². The highest BCUT2D eigenvalue weighted by Gasteiger charge is 2.53. The van der Waals surface area contributed by atoms with Crippen LogP contribution in [0, 0.1) is 5.92 Å². The number of allylic oxidation sites excluding steroid dienone is 1. The van der Waals surface area contributed by atoms with Gasteiger partial charge in [-0.05, 0) is 62.3 Å². The molecule has 0 aliphatic rings. The van der Waals surface area contributed by atoms with Gasteiger partial charge in [0, 0.05) is 12.1 Å². The highest BCUT2D eigenvalue weighted by Crippen LogP contribution is 2.25. The number of phenolic OH excluding ortho intramolecular Hbond substituents is 1. The number of nitrogens with two attached hydrogens (primary N) is 7. The molecule has 0 spiro atoms. The zero-order valence-electron chi connectivity index (χ0n) is 27.1.